The molecule has 0 aromatic heterocycles. The van der Waals surface area contributed by atoms with Gasteiger partial charge >= 0.3 is 0 Å². The molecule has 0 saturated carbocycles. The zero-order valence-electron chi connectivity index (χ0n) is 10.6. The highest BCUT2D eigenvalue weighted by molar-refractivity contribution is 5.94. The van der Waals surface area contributed by atoms with Gasteiger partial charge in [-0.3, -0.25) is 4.79 Å². The molecule has 1 aromatic rings. The number of hydrogen-bond acceptors (Lipinski definition) is 3. The van der Waals surface area contributed by atoms with Crippen LogP contribution in [0.4, 0.5) is 0 Å². The standard InChI is InChI=1S/C13H20N2O2/c1-9(2)14-6-7-15-13(17)11-5-4-10(3)12(16)8-11/h4-5,8-9,14,16H,6-7H2,1-3H3,(H,15,17). The fraction of sp³-hybridized carbons (Fsp3) is 0.462. The van der Waals surface area contributed by atoms with Gasteiger partial charge in [-0.25, -0.2) is 0 Å². The number of amides is 1. The molecule has 0 unspecified atom stereocenters. The van der Waals surface area contributed by atoms with Gasteiger partial charge in [-0.1, -0.05) is 19.9 Å². The van der Waals surface area contributed by atoms with E-state index < -0.39 is 0 Å². The third kappa shape index (κ3) is 4.44. The zero-order valence-corrected chi connectivity index (χ0v) is 10.6. The van der Waals surface area contributed by atoms with Crippen molar-refractivity contribution in [2.24, 2.45) is 0 Å². The van der Waals surface area contributed by atoms with Crippen LogP contribution in [0.2, 0.25) is 0 Å². The molecule has 0 saturated heterocycles. The molecule has 4 nitrogen and oxygen atoms in total. The van der Waals surface area contributed by atoms with Crippen LogP contribution < -0.4 is 10.6 Å². The topological polar surface area (TPSA) is 61.4 Å². The molecule has 4 heteroatoms. The normalized spacial score (nSPS) is 10.6. The number of hydrogen-bond donors (Lipinski definition) is 3. The van der Waals surface area contributed by atoms with Gasteiger partial charge in [-0.2, -0.15) is 0 Å². The molecule has 0 bridgehead atoms. The van der Waals surface area contributed by atoms with Gasteiger partial charge in [-0.15, -0.1) is 0 Å². The van der Waals surface area contributed by atoms with Gasteiger partial charge in [0, 0.05) is 24.7 Å². The van der Waals surface area contributed by atoms with Crippen LogP contribution >= 0.6 is 0 Å². The third-order valence-corrected chi connectivity index (χ3v) is 2.43. The number of phenolic OH excluding ortho intramolecular Hbond substituents is 1. The Bertz CT molecular complexity index is 389. The number of aromatic hydroxyl groups is 1. The van der Waals surface area contributed by atoms with Crippen LogP contribution in [0.1, 0.15) is 29.8 Å². The van der Waals surface area contributed by atoms with Crippen LogP contribution in [-0.4, -0.2) is 30.1 Å². The summed E-state index contributed by atoms with van der Waals surface area (Å²) >= 11 is 0. The largest absolute Gasteiger partial charge is 0.508 e. The van der Waals surface area contributed by atoms with Crippen molar-refractivity contribution in [1.29, 1.82) is 0 Å². The van der Waals surface area contributed by atoms with Crippen molar-refractivity contribution in [3.8, 4) is 5.75 Å². The number of carbonyl (C=O) groups is 1. The zero-order chi connectivity index (χ0) is 12.8. The summed E-state index contributed by atoms with van der Waals surface area (Å²) in [4.78, 5) is 11.7. The smallest absolute Gasteiger partial charge is 0.251 e. The van der Waals surface area contributed by atoms with Crippen LogP contribution in [0.25, 0.3) is 0 Å². The lowest BCUT2D eigenvalue weighted by Crippen LogP contribution is -2.34. The molecule has 0 aliphatic rings. The second-order valence-corrected chi connectivity index (χ2v) is 4.37. The highest BCUT2D eigenvalue weighted by Gasteiger charge is 2.06. The summed E-state index contributed by atoms with van der Waals surface area (Å²) in [5.74, 6) is -0.0104. The number of aryl methyl sites for hydroxylation is 1. The molecule has 1 rings (SSSR count). The molecule has 0 heterocycles. The Labute approximate surface area is 102 Å². The molecule has 0 radical (unpaired) electrons. The summed E-state index contributed by atoms with van der Waals surface area (Å²) in [6.45, 7) is 7.22. The Kier molecular flexibility index (Phi) is 4.97. The fourth-order valence-corrected chi connectivity index (χ4v) is 1.39. The lowest BCUT2D eigenvalue weighted by Gasteiger charge is -2.09. The molecular formula is C13H20N2O2. The Morgan fingerprint density at radius 2 is 2.06 bits per heavy atom. The van der Waals surface area contributed by atoms with Gasteiger partial charge in [0.2, 0.25) is 0 Å². The van der Waals surface area contributed by atoms with Crippen LogP contribution in [0, 0.1) is 6.92 Å². The van der Waals surface area contributed by atoms with Crippen LogP contribution in [0.5, 0.6) is 5.75 Å². The van der Waals surface area contributed by atoms with E-state index in [1.54, 1.807) is 19.1 Å². The van der Waals surface area contributed by atoms with E-state index in [0.29, 0.717) is 18.2 Å². The van der Waals surface area contributed by atoms with E-state index in [0.717, 1.165) is 12.1 Å². The summed E-state index contributed by atoms with van der Waals surface area (Å²) < 4.78 is 0. The van der Waals surface area contributed by atoms with Gasteiger partial charge in [0.05, 0.1) is 0 Å². The van der Waals surface area contributed by atoms with Gasteiger partial charge < -0.3 is 15.7 Å². The van der Waals surface area contributed by atoms with Crippen molar-refractivity contribution in [3.63, 3.8) is 0 Å². The predicted molar refractivity (Wildman–Crippen MR) is 68.3 cm³/mol. The maximum absolute atomic E-state index is 11.7. The first-order valence-electron chi connectivity index (χ1n) is 5.82. The SMILES string of the molecule is Cc1ccc(C(=O)NCCNC(C)C)cc1O. The first-order chi connectivity index (χ1) is 8.00. The van der Waals surface area contributed by atoms with Crippen molar-refractivity contribution < 1.29 is 9.90 Å². The molecule has 0 aliphatic carbocycles. The second kappa shape index (κ2) is 6.25. The minimum atomic E-state index is -0.161. The molecule has 0 fully saturated rings. The van der Waals surface area contributed by atoms with Crippen molar-refractivity contribution >= 4 is 5.91 Å². The Morgan fingerprint density at radius 3 is 2.65 bits per heavy atom. The number of rotatable bonds is 5. The molecule has 0 atom stereocenters. The van der Waals surface area contributed by atoms with Crippen molar-refractivity contribution in [2.45, 2.75) is 26.8 Å². The van der Waals surface area contributed by atoms with Crippen LogP contribution in [-0.2, 0) is 0 Å². The Balaban J connectivity index is 2.44. The lowest BCUT2D eigenvalue weighted by molar-refractivity contribution is 0.0953. The van der Waals surface area contributed by atoms with Gasteiger partial charge in [0.25, 0.3) is 5.91 Å². The van der Waals surface area contributed by atoms with E-state index in [-0.39, 0.29) is 11.7 Å². The monoisotopic (exact) mass is 236 g/mol. The lowest BCUT2D eigenvalue weighted by atomic mass is 10.1. The second-order valence-electron chi connectivity index (χ2n) is 4.37. The van der Waals surface area contributed by atoms with Crippen LogP contribution in [0.3, 0.4) is 0 Å². The first-order valence-corrected chi connectivity index (χ1v) is 5.82. The molecular weight excluding hydrogens is 216 g/mol. The number of phenols is 1. The fourth-order valence-electron chi connectivity index (χ4n) is 1.39. The van der Waals surface area contributed by atoms with E-state index in [9.17, 15) is 9.90 Å². The molecule has 1 amide bonds. The summed E-state index contributed by atoms with van der Waals surface area (Å²) in [5.41, 5.74) is 1.25. The highest BCUT2D eigenvalue weighted by Crippen LogP contribution is 2.17. The molecule has 0 aliphatic heterocycles. The first kappa shape index (κ1) is 13.5. The number of carbonyl (C=O) groups excluding carboxylic acids is 1. The molecule has 1 aromatic carbocycles. The van der Waals surface area contributed by atoms with E-state index >= 15 is 0 Å². The quantitative estimate of drug-likeness (QED) is 0.678. The molecule has 17 heavy (non-hydrogen) atoms. The molecule has 94 valence electrons. The average Bonchev–Trinajstić information content (AvgIpc) is 2.27. The number of benzene rings is 1. The number of nitrogens with one attached hydrogen (secondary N) is 2. The maximum Gasteiger partial charge on any atom is 0.251 e. The Morgan fingerprint density at radius 1 is 1.35 bits per heavy atom. The van der Waals surface area contributed by atoms with Gasteiger partial charge in [0.15, 0.2) is 0 Å². The van der Waals surface area contributed by atoms with E-state index in [1.165, 1.54) is 6.07 Å². The summed E-state index contributed by atoms with van der Waals surface area (Å²) in [6.07, 6.45) is 0. The van der Waals surface area contributed by atoms with Crippen molar-refractivity contribution in [1.82, 2.24) is 10.6 Å². The summed E-state index contributed by atoms with van der Waals surface area (Å²) in [7, 11) is 0. The summed E-state index contributed by atoms with van der Waals surface area (Å²) in [6, 6.07) is 5.34. The highest BCUT2D eigenvalue weighted by atomic mass is 16.3. The van der Waals surface area contributed by atoms with Gasteiger partial charge in [-0.05, 0) is 24.6 Å². The minimum absolute atomic E-state index is 0.151. The average molecular weight is 236 g/mol. The third-order valence-electron chi connectivity index (χ3n) is 2.43. The van der Waals surface area contributed by atoms with Crippen LogP contribution in [0.15, 0.2) is 18.2 Å². The summed E-state index contributed by atoms with van der Waals surface area (Å²) in [5, 5.41) is 15.5. The minimum Gasteiger partial charge on any atom is -0.508 e. The molecule has 0 spiro atoms. The van der Waals surface area contributed by atoms with Gasteiger partial charge in [0.1, 0.15) is 5.75 Å². The van der Waals surface area contributed by atoms with E-state index in [4.69, 9.17) is 0 Å². The Hall–Kier alpha value is -1.55. The van der Waals surface area contributed by atoms with E-state index in [1.807, 2.05) is 0 Å². The van der Waals surface area contributed by atoms with E-state index in [2.05, 4.69) is 24.5 Å². The molecule has 3 N–H and O–H groups in total. The maximum atomic E-state index is 11.7. The predicted octanol–water partition coefficient (Wildman–Crippen LogP) is 1.43. The van der Waals surface area contributed by atoms with Crippen molar-refractivity contribution in [2.75, 3.05) is 13.1 Å². The van der Waals surface area contributed by atoms with Crippen molar-refractivity contribution in [3.05, 3.63) is 29.3 Å².